The first kappa shape index (κ1) is 65.4. The van der Waals surface area contributed by atoms with E-state index in [4.69, 9.17) is 45.8 Å². The van der Waals surface area contributed by atoms with Crippen LogP contribution in [0.3, 0.4) is 0 Å². The highest BCUT2D eigenvalue weighted by molar-refractivity contribution is 6.32. The largest absolute Gasteiger partial charge is 0.495 e. The summed E-state index contributed by atoms with van der Waals surface area (Å²) >= 11 is 6.16. The molecule has 0 spiro atoms. The Morgan fingerprint density at radius 1 is 0.974 bits per heavy atom. The highest BCUT2D eigenvalue weighted by Gasteiger charge is 2.64. The number of nitrogens with one attached hydrogen (secondary N) is 6. The number of imide groups is 1. The molecule has 8 N–H and O–H groups in total. The van der Waals surface area contributed by atoms with Crippen LogP contribution >= 0.6 is 11.6 Å². The number of amides is 10. The number of cyclic esters (lactones) is 1. The summed E-state index contributed by atoms with van der Waals surface area (Å²) in [7, 11) is 5.64. The number of alkyl carbamates (subject to hydrolysis) is 1. The van der Waals surface area contributed by atoms with Crippen LogP contribution in [0.2, 0.25) is 5.02 Å². The second kappa shape index (κ2) is 32.1. The van der Waals surface area contributed by atoms with Gasteiger partial charge in [-0.1, -0.05) is 69.4 Å². The number of unbranched alkanes of at least 4 members (excludes halogenated alkanes) is 3. The minimum Gasteiger partial charge on any atom is -0.495 e. The first-order chi connectivity index (χ1) is 37.0. The fourth-order valence-electron chi connectivity index (χ4n) is 8.36. The molecule has 3 heterocycles. The fourth-order valence-corrected chi connectivity index (χ4v) is 8.55. The number of nitrogens with zero attached hydrogens (tertiary/aromatic N) is 2. The number of hydrogen-bond donors (Lipinski definition) is 7. The summed E-state index contributed by atoms with van der Waals surface area (Å²) in [4.78, 5) is 116. The second-order valence-corrected chi connectivity index (χ2v) is 19.7. The Balaban J connectivity index is 0.00000521. The Morgan fingerprint density at radius 2 is 1.64 bits per heavy atom. The SMILES string of the molecule is CCC.CNC(=O)CC(OC(=O)C(C)N(C)C(=O)NCC(=O)NC(CCCNC(N)=O)C(=O)NCCCCCCN1C(=O)C=CC1=O)C1(C)OC1C(C)C1CC(OC)(O/C=C/C=C(\C)Cc2ccc(Cl)c(OC)c2)NC(=O)O1. The van der Waals surface area contributed by atoms with Crippen LogP contribution in [0.4, 0.5) is 14.4 Å². The maximum atomic E-state index is 13.7. The summed E-state index contributed by atoms with van der Waals surface area (Å²) in [6, 6.07) is 1.65. The number of ether oxygens (including phenoxy) is 6. The summed E-state index contributed by atoms with van der Waals surface area (Å²) in [5.41, 5.74) is 5.87. The van der Waals surface area contributed by atoms with Crippen molar-refractivity contribution in [3.63, 3.8) is 0 Å². The zero-order valence-electron chi connectivity index (χ0n) is 46.5. The highest BCUT2D eigenvalue weighted by atomic mass is 35.5. The second-order valence-electron chi connectivity index (χ2n) is 19.3. The van der Waals surface area contributed by atoms with Gasteiger partial charge in [0, 0.05) is 58.9 Å². The molecule has 8 atom stereocenters. The molecule has 78 heavy (non-hydrogen) atoms. The number of hydrogen-bond acceptors (Lipinski definition) is 15. The predicted molar refractivity (Wildman–Crippen MR) is 287 cm³/mol. The molecule has 0 radical (unpaired) electrons. The first-order valence-corrected chi connectivity index (χ1v) is 26.5. The van der Waals surface area contributed by atoms with E-state index in [0.29, 0.717) is 49.4 Å². The van der Waals surface area contributed by atoms with E-state index in [9.17, 15) is 43.2 Å². The molecule has 24 nitrogen and oxygen atoms in total. The Kier molecular flexibility index (Phi) is 26.9. The monoisotopic (exact) mass is 1120 g/mol. The summed E-state index contributed by atoms with van der Waals surface area (Å²) in [5, 5.41) is 15.8. The molecule has 0 saturated carbocycles. The van der Waals surface area contributed by atoms with Gasteiger partial charge < -0.3 is 65.6 Å². The molecule has 4 rings (SSSR count). The number of carbonyl (C=O) groups is 9. The lowest BCUT2D eigenvalue weighted by Crippen LogP contribution is -2.60. The van der Waals surface area contributed by atoms with Gasteiger partial charge in [0.15, 0.2) is 0 Å². The van der Waals surface area contributed by atoms with Crippen LogP contribution in [0.15, 0.2) is 54.3 Å². The van der Waals surface area contributed by atoms with Crippen molar-refractivity contribution in [3.8, 4) is 5.75 Å². The Labute approximate surface area is 461 Å². The molecule has 0 aliphatic carbocycles. The molecule has 3 aliphatic heterocycles. The fraction of sp³-hybridized carbons (Fsp3) is 0.604. The zero-order chi connectivity index (χ0) is 58.2. The van der Waals surface area contributed by atoms with Crippen molar-refractivity contribution >= 4 is 65.3 Å². The maximum absolute atomic E-state index is 13.7. The minimum atomic E-state index is -1.62. The van der Waals surface area contributed by atoms with Crippen molar-refractivity contribution in [2.75, 3.05) is 54.5 Å². The van der Waals surface area contributed by atoms with E-state index in [-0.39, 0.29) is 50.6 Å². The summed E-state index contributed by atoms with van der Waals surface area (Å²) < 4.78 is 34.7. The number of allylic oxidation sites excluding steroid dienone is 3. The maximum Gasteiger partial charge on any atom is 0.412 e. The van der Waals surface area contributed by atoms with Gasteiger partial charge in [-0.3, -0.25) is 34.2 Å². The van der Waals surface area contributed by atoms with Crippen LogP contribution in [0, 0.1) is 5.92 Å². The number of halogens is 1. The quantitative estimate of drug-likeness (QED) is 0.0109. The van der Waals surface area contributed by atoms with Crippen molar-refractivity contribution in [1.29, 1.82) is 0 Å². The zero-order valence-corrected chi connectivity index (χ0v) is 47.2. The van der Waals surface area contributed by atoms with Crippen molar-refractivity contribution in [2.24, 2.45) is 11.7 Å². The van der Waals surface area contributed by atoms with Crippen molar-refractivity contribution in [2.45, 2.75) is 148 Å². The standard InChI is InChI=1S/C50H72ClN9O15.C3H8/c1-30(25-33-17-18-34(51)36(26-33)70-7)15-14-24-72-50(71-8)28-37(73-48(69)58-50)31(2)43-49(4,75-43)38(27-39(61)53-5)74-45(66)32(3)59(6)47(68)56-29-40(62)57-35(16-13-22-55-46(52)67)44(65)54-21-11-9-10-12-23-60-41(63)19-20-42(60)64;1-3-2/h14-15,17-20,24,26,31-32,35,37-38,43H,9-13,16,21-23,25,27-29H2,1-8H3,(H,53,61)(H,54,65)(H,56,68)(H,57,62)(H,58,69)(H3,52,55,67);3H2,1-2H3/b24-14+,30-15+;. The van der Waals surface area contributed by atoms with Crippen LogP contribution < -0.4 is 42.4 Å². The van der Waals surface area contributed by atoms with Crippen molar-refractivity contribution < 1.29 is 71.6 Å². The smallest absolute Gasteiger partial charge is 0.412 e. The molecule has 3 aliphatic rings. The van der Waals surface area contributed by atoms with Crippen LogP contribution in [-0.4, -0.2) is 160 Å². The van der Waals surface area contributed by atoms with Crippen molar-refractivity contribution in [1.82, 2.24) is 41.7 Å². The first-order valence-electron chi connectivity index (χ1n) is 26.1. The molecule has 25 heteroatoms. The number of carbonyl (C=O) groups excluding carboxylic acids is 9. The van der Waals surface area contributed by atoms with Crippen LogP contribution in [0.1, 0.15) is 105 Å². The number of epoxide rings is 1. The number of benzene rings is 1. The van der Waals surface area contributed by atoms with Gasteiger partial charge in [-0.25, -0.2) is 19.2 Å². The molecule has 1 aromatic carbocycles. The third kappa shape index (κ3) is 20.5. The average Bonchev–Trinajstić information content (AvgIpc) is 4.10. The number of likely N-dealkylation sites (N-methyl/N-ethyl adjacent to an activating group) is 1. The van der Waals surface area contributed by atoms with Crippen molar-refractivity contribution in [3.05, 3.63) is 64.9 Å². The molecule has 2 fully saturated rings. The third-order valence-electron chi connectivity index (χ3n) is 13.0. The van der Waals surface area contributed by atoms with E-state index < -0.39 is 96.2 Å². The molecule has 0 aromatic heterocycles. The van der Waals surface area contributed by atoms with Gasteiger partial charge in [0.05, 0.1) is 43.9 Å². The van der Waals surface area contributed by atoms with Gasteiger partial charge in [0.25, 0.3) is 17.7 Å². The topological polar surface area (TPSA) is 317 Å². The number of esters is 1. The molecular weight excluding hydrogens is 1040 g/mol. The van der Waals surface area contributed by atoms with Crippen LogP contribution in [-0.2, 0) is 58.9 Å². The number of rotatable bonds is 30. The molecule has 0 bridgehead atoms. The van der Waals surface area contributed by atoms with E-state index in [0.717, 1.165) is 16.0 Å². The minimum absolute atomic E-state index is 0.0111. The van der Waals surface area contributed by atoms with Crippen LogP contribution in [0.25, 0.3) is 0 Å². The molecule has 8 unspecified atom stereocenters. The lowest BCUT2D eigenvalue weighted by atomic mass is 9.86. The number of methoxy groups -OCH3 is 2. The number of nitrogens with two attached hydrogens (primary N) is 1. The van der Waals surface area contributed by atoms with Gasteiger partial charge in [0.2, 0.25) is 17.7 Å². The van der Waals surface area contributed by atoms with E-state index in [1.165, 1.54) is 57.9 Å². The predicted octanol–water partition coefficient (Wildman–Crippen LogP) is 3.99. The normalized spacial score (nSPS) is 21.1. The molecule has 1 aromatic rings. The Morgan fingerprint density at radius 3 is 2.28 bits per heavy atom. The van der Waals surface area contributed by atoms with E-state index >= 15 is 0 Å². The highest BCUT2D eigenvalue weighted by Crippen LogP contribution is 2.49. The van der Waals surface area contributed by atoms with Gasteiger partial charge in [-0.2, -0.15) is 0 Å². The van der Waals surface area contributed by atoms with Crippen LogP contribution in [0.5, 0.6) is 5.75 Å². The molecule has 10 amide bonds. The molecular formula is C53H80ClN9O15. The van der Waals surface area contributed by atoms with E-state index in [2.05, 4.69) is 45.7 Å². The van der Waals surface area contributed by atoms with Gasteiger partial charge in [0.1, 0.15) is 35.6 Å². The lowest BCUT2D eigenvalue weighted by molar-refractivity contribution is -0.241. The third-order valence-corrected chi connectivity index (χ3v) is 13.4. The molecule has 2 saturated heterocycles. The van der Waals surface area contributed by atoms with Gasteiger partial charge in [-0.15, -0.1) is 0 Å². The molecule has 434 valence electrons. The Hall–Kier alpha value is -6.92. The summed E-state index contributed by atoms with van der Waals surface area (Å²) in [6.07, 6.45) is 8.36. The van der Waals surface area contributed by atoms with E-state index in [1.807, 2.05) is 25.1 Å². The lowest BCUT2D eigenvalue weighted by Gasteiger charge is -2.40. The van der Waals surface area contributed by atoms with Gasteiger partial charge >= 0.3 is 24.1 Å². The number of urea groups is 2. The number of primary amides is 1. The van der Waals surface area contributed by atoms with E-state index in [1.54, 1.807) is 33.1 Å². The summed E-state index contributed by atoms with van der Waals surface area (Å²) in [5.74, 6) is -4.88. The summed E-state index contributed by atoms with van der Waals surface area (Å²) in [6.45, 7) is 11.1. The van der Waals surface area contributed by atoms with Gasteiger partial charge in [-0.05, 0) is 76.6 Å². The average molecular weight is 1120 g/mol. The Bertz CT molecular complexity index is 2330.